The molecule has 1 unspecified atom stereocenters. The predicted octanol–water partition coefficient (Wildman–Crippen LogP) is 4.67. The van der Waals surface area contributed by atoms with E-state index in [1.54, 1.807) is 25.1 Å². The fourth-order valence-electron chi connectivity index (χ4n) is 4.49. The molecular formula is C25H22F3N5O3S. The molecule has 2 aromatic carbocycles. The van der Waals surface area contributed by atoms with Crippen molar-refractivity contribution >= 4 is 38.8 Å². The number of carbonyl (C=O) groups is 1. The Morgan fingerprint density at radius 1 is 1.27 bits per heavy atom. The Balaban J connectivity index is 1.54. The van der Waals surface area contributed by atoms with Crippen LogP contribution in [0, 0.1) is 12.7 Å². The summed E-state index contributed by atoms with van der Waals surface area (Å²) in [6.07, 6.45) is 0.802. The van der Waals surface area contributed by atoms with Crippen LogP contribution < -0.4 is 15.0 Å². The van der Waals surface area contributed by atoms with Crippen LogP contribution in [0.5, 0.6) is 5.75 Å². The lowest BCUT2D eigenvalue weighted by Gasteiger charge is -2.27. The van der Waals surface area contributed by atoms with Gasteiger partial charge in [0.05, 0.1) is 52.9 Å². The first-order chi connectivity index (χ1) is 17.7. The molecule has 1 saturated heterocycles. The van der Waals surface area contributed by atoms with Crippen LogP contribution in [-0.4, -0.2) is 58.2 Å². The molecule has 3 heterocycles. The number of thiazole rings is 1. The molecule has 1 fully saturated rings. The number of ether oxygens (including phenoxy) is 1. The number of alkyl halides is 2. The molecule has 0 spiro atoms. The molecule has 192 valence electrons. The van der Waals surface area contributed by atoms with Crippen molar-refractivity contribution in [2.24, 2.45) is 0 Å². The Hall–Kier alpha value is -3.77. The molecule has 0 radical (unpaired) electrons. The van der Waals surface area contributed by atoms with Crippen molar-refractivity contribution in [2.75, 3.05) is 30.5 Å². The van der Waals surface area contributed by atoms with Crippen LogP contribution in [0.4, 0.5) is 24.5 Å². The Morgan fingerprint density at radius 2 is 2.08 bits per heavy atom. The molecule has 12 heteroatoms. The van der Waals surface area contributed by atoms with Crippen molar-refractivity contribution in [3.8, 4) is 17.1 Å². The molecular weight excluding hydrogens is 507 g/mol. The van der Waals surface area contributed by atoms with E-state index >= 15 is 0 Å². The molecule has 1 aliphatic rings. The van der Waals surface area contributed by atoms with E-state index in [9.17, 15) is 23.1 Å². The summed E-state index contributed by atoms with van der Waals surface area (Å²) in [4.78, 5) is 27.5. The highest BCUT2D eigenvalue weighted by Gasteiger charge is 2.46. The normalized spacial score (nSPS) is 16.8. The van der Waals surface area contributed by atoms with Gasteiger partial charge in [0.15, 0.2) is 5.82 Å². The first-order valence-corrected chi connectivity index (χ1v) is 12.1. The summed E-state index contributed by atoms with van der Waals surface area (Å²) in [5.41, 5.74) is 0.932. The van der Waals surface area contributed by atoms with Crippen LogP contribution >= 0.6 is 11.3 Å². The molecule has 8 nitrogen and oxygen atoms in total. The maximum absolute atomic E-state index is 14.6. The topological polar surface area (TPSA) is 100 Å². The number of halogens is 3. The number of amides is 1. The number of aliphatic hydroxyl groups is 1. The van der Waals surface area contributed by atoms with E-state index in [0.717, 1.165) is 9.71 Å². The van der Waals surface area contributed by atoms with Crippen LogP contribution in [0.2, 0.25) is 0 Å². The van der Waals surface area contributed by atoms with Gasteiger partial charge >= 0.3 is 0 Å². The third-order valence-corrected chi connectivity index (χ3v) is 7.01. The SMILES string of the molecule is COc1cccc(F)c1-c1nccc(C(=O)Nc2ccc3sc(C)nc3c2N2CC(F)(F)CC2CO)n1. The van der Waals surface area contributed by atoms with E-state index in [0.29, 0.717) is 11.2 Å². The van der Waals surface area contributed by atoms with Crippen molar-refractivity contribution < 1.29 is 27.8 Å². The molecule has 5 rings (SSSR count). The minimum Gasteiger partial charge on any atom is -0.496 e. The number of hydrogen-bond donors (Lipinski definition) is 2. The molecule has 0 aliphatic carbocycles. The summed E-state index contributed by atoms with van der Waals surface area (Å²) in [6.45, 7) is 0.692. The van der Waals surface area contributed by atoms with Crippen LogP contribution in [0.3, 0.4) is 0 Å². The summed E-state index contributed by atoms with van der Waals surface area (Å²) in [6, 6.07) is 8.13. The van der Waals surface area contributed by atoms with E-state index in [2.05, 4.69) is 20.3 Å². The largest absolute Gasteiger partial charge is 0.496 e. The Morgan fingerprint density at radius 3 is 2.84 bits per heavy atom. The Labute approximate surface area is 213 Å². The lowest BCUT2D eigenvalue weighted by atomic mass is 10.1. The lowest BCUT2D eigenvalue weighted by Crippen LogP contribution is -2.34. The maximum atomic E-state index is 14.6. The Kier molecular flexibility index (Phi) is 6.46. The number of nitrogens with one attached hydrogen (secondary N) is 1. The first kappa shape index (κ1) is 24.9. The molecule has 2 aromatic heterocycles. The van der Waals surface area contributed by atoms with Crippen LogP contribution in [0.15, 0.2) is 42.6 Å². The number of rotatable bonds is 6. The third-order valence-electron chi connectivity index (χ3n) is 6.07. The van der Waals surface area contributed by atoms with Crippen molar-refractivity contribution in [1.82, 2.24) is 15.0 Å². The molecule has 37 heavy (non-hydrogen) atoms. The second kappa shape index (κ2) is 9.60. The predicted molar refractivity (Wildman–Crippen MR) is 134 cm³/mol. The third kappa shape index (κ3) is 4.69. The fourth-order valence-corrected chi connectivity index (χ4v) is 5.32. The molecule has 0 saturated carbocycles. The van der Waals surface area contributed by atoms with Gasteiger partial charge in [-0.25, -0.2) is 28.1 Å². The van der Waals surface area contributed by atoms with Crippen LogP contribution in [-0.2, 0) is 0 Å². The zero-order valence-electron chi connectivity index (χ0n) is 19.8. The molecule has 1 atom stereocenters. The second-order valence-electron chi connectivity index (χ2n) is 8.60. The number of carbonyl (C=O) groups excluding carboxylic acids is 1. The highest BCUT2D eigenvalue weighted by Crippen LogP contribution is 2.43. The van der Waals surface area contributed by atoms with E-state index in [4.69, 9.17) is 4.74 Å². The first-order valence-electron chi connectivity index (χ1n) is 11.3. The number of methoxy groups -OCH3 is 1. The standard InChI is InChI=1S/C25H22F3N5O3S/c1-13-30-21-19(37-13)7-6-16(22(21)33-12-25(27,28)10-14(33)11-34)32-24(35)17-8-9-29-23(31-17)20-15(26)4-3-5-18(20)36-2/h3-9,14,34H,10-12H2,1-2H3,(H,32,35). The Bertz CT molecular complexity index is 1500. The average molecular weight is 530 g/mol. The molecule has 4 aromatic rings. The number of aliphatic hydroxyl groups excluding tert-OH is 1. The fraction of sp³-hybridized carbons (Fsp3) is 0.280. The number of anilines is 2. The lowest BCUT2D eigenvalue weighted by molar-refractivity contribution is 0.0201. The monoisotopic (exact) mass is 529 g/mol. The summed E-state index contributed by atoms with van der Waals surface area (Å²) >= 11 is 1.39. The van der Waals surface area contributed by atoms with Crippen LogP contribution in [0.1, 0.15) is 21.9 Å². The van der Waals surface area contributed by atoms with Gasteiger partial charge in [-0.2, -0.15) is 0 Å². The van der Waals surface area contributed by atoms with Crippen LogP contribution in [0.25, 0.3) is 21.6 Å². The minimum absolute atomic E-state index is 0.00444. The maximum Gasteiger partial charge on any atom is 0.274 e. The summed E-state index contributed by atoms with van der Waals surface area (Å²) < 4.78 is 49.3. The summed E-state index contributed by atoms with van der Waals surface area (Å²) in [5, 5.41) is 13.3. The molecule has 1 amide bonds. The smallest absolute Gasteiger partial charge is 0.274 e. The van der Waals surface area contributed by atoms with Gasteiger partial charge in [-0.15, -0.1) is 11.3 Å². The highest BCUT2D eigenvalue weighted by atomic mass is 32.1. The number of aryl methyl sites for hydroxylation is 1. The summed E-state index contributed by atoms with van der Waals surface area (Å²) in [7, 11) is 1.38. The molecule has 2 N–H and O–H groups in total. The van der Waals surface area contributed by atoms with Gasteiger partial charge < -0.3 is 20.1 Å². The molecule has 0 bridgehead atoms. The van der Waals surface area contributed by atoms with E-state index < -0.39 is 43.3 Å². The van der Waals surface area contributed by atoms with Crippen molar-refractivity contribution in [3.63, 3.8) is 0 Å². The van der Waals surface area contributed by atoms with Gasteiger partial charge in [0.1, 0.15) is 22.8 Å². The van der Waals surface area contributed by atoms with E-state index in [1.807, 2.05) is 0 Å². The van der Waals surface area contributed by atoms with E-state index in [-0.39, 0.29) is 28.5 Å². The van der Waals surface area contributed by atoms with Gasteiger partial charge in [0, 0.05) is 12.6 Å². The number of nitrogens with zero attached hydrogens (tertiary/aromatic N) is 4. The number of hydrogen-bond acceptors (Lipinski definition) is 8. The summed E-state index contributed by atoms with van der Waals surface area (Å²) in [5.74, 6) is -4.13. The quantitative estimate of drug-likeness (QED) is 0.375. The van der Waals surface area contributed by atoms with Crippen molar-refractivity contribution in [3.05, 3.63) is 59.1 Å². The van der Waals surface area contributed by atoms with Gasteiger partial charge in [-0.05, 0) is 37.3 Å². The molecule has 1 aliphatic heterocycles. The van der Waals surface area contributed by atoms with Gasteiger partial charge in [0.2, 0.25) is 0 Å². The number of benzene rings is 2. The second-order valence-corrected chi connectivity index (χ2v) is 9.84. The van der Waals surface area contributed by atoms with Gasteiger partial charge in [-0.3, -0.25) is 4.79 Å². The van der Waals surface area contributed by atoms with E-state index in [1.165, 1.54) is 47.7 Å². The zero-order valence-corrected chi connectivity index (χ0v) is 20.7. The minimum atomic E-state index is -3.01. The average Bonchev–Trinajstić information content (AvgIpc) is 3.41. The highest BCUT2D eigenvalue weighted by molar-refractivity contribution is 7.18. The van der Waals surface area contributed by atoms with Gasteiger partial charge in [0.25, 0.3) is 11.8 Å². The number of fused-ring (bicyclic) bond motifs is 1. The van der Waals surface area contributed by atoms with Crippen molar-refractivity contribution in [1.29, 1.82) is 0 Å². The van der Waals surface area contributed by atoms with Gasteiger partial charge in [-0.1, -0.05) is 6.07 Å². The number of aromatic nitrogens is 3. The van der Waals surface area contributed by atoms with Crippen molar-refractivity contribution in [2.45, 2.75) is 25.3 Å². The zero-order chi connectivity index (χ0) is 26.3.